The van der Waals surface area contributed by atoms with Crippen LogP contribution in [0.15, 0.2) is 6.33 Å². The molecule has 1 aromatic rings. The predicted octanol–water partition coefficient (Wildman–Crippen LogP) is 2.00. The van der Waals surface area contributed by atoms with Crippen LogP contribution in [0.25, 0.3) is 0 Å². The van der Waals surface area contributed by atoms with Crippen molar-refractivity contribution in [3.05, 3.63) is 17.6 Å². The van der Waals surface area contributed by atoms with Gasteiger partial charge in [0.1, 0.15) is 12.4 Å². The minimum Gasteiger partial charge on any atom is -0.472 e. The van der Waals surface area contributed by atoms with Crippen LogP contribution in [0.5, 0.6) is 5.88 Å². The van der Waals surface area contributed by atoms with Gasteiger partial charge in [-0.2, -0.15) is 0 Å². The van der Waals surface area contributed by atoms with Crippen molar-refractivity contribution >= 4 is 0 Å². The minimum absolute atomic E-state index is 0.146. The van der Waals surface area contributed by atoms with Gasteiger partial charge in [-0.25, -0.2) is 9.97 Å². The summed E-state index contributed by atoms with van der Waals surface area (Å²) in [6.45, 7) is 0. The number of nitrogens with zero attached hydrogens (tertiary/aromatic N) is 2. The van der Waals surface area contributed by atoms with Crippen LogP contribution in [0.3, 0.4) is 0 Å². The first-order valence-electron chi connectivity index (χ1n) is 7.09. The van der Waals surface area contributed by atoms with Gasteiger partial charge in [-0.15, -0.1) is 0 Å². The van der Waals surface area contributed by atoms with E-state index in [9.17, 15) is 0 Å². The Hall–Kier alpha value is -1.16. The largest absolute Gasteiger partial charge is 0.472 e. The second-order valence-electron chi connectivity index (χ2n) is 5.42. The summed E-state index contributed by atoms with van der Waals surface area (Å²) in [5.41, 5.74) is 8.48. The van der Waals surface area contributed by atoms with E-state index in [-0.39, 0.29) is 12.1 Å². The fourth-order valence-corrected chi connectivity index (χ4v) is 3.01. The lowest BCUT2D eigenvalue weighted by Gasteiger charge is -2.19. The van der Waals surface area contributed by atoms with Crippen LogP contribution < -0.4 is 10.5 Å². The van der Waals surface area contributed by atoms with Crippen LogP contribution in [0.1, 0.15) is 49.8 Å². The van der Waals surface area contributed by atoms with Crippen LogP contribution >= 0.6 is 0 Å². The molecule has 2 N–H and O–H groups in total. The lowest BCUT2D eigenvalue weighted by Crippen LogP contribution is -2.34. The molecule has 0 saturated heterocycles. The van der Waals surface area contributed by atoms with E-state index in [2.05, 4.69) is 9.97 Å². The normalized spacial score (nSPS) is 27.6. The van der Waals surface area contributed by atoms with Crippen molar-refractivity contribution in [1.82, 2.24) is 9.97 Å². The highest BCUT2D eigenvalue weighted by atomic mass is 16.5. The molecule has 2 atom stereocenters. The van der Waals surface area contributed by atoms with E-state index >= 15 is 0 Å². The molecule has 1 saturated carbocycles. The minimum atomic E-state index is 0.146. The van der Waals surface area contributed by atoms with Gasteiger partial charge in [0.15, 0.2) is 0 Å². The third-order valence-corrected chi connectivity index (χ3v) is 4.10. The average Bonchev–Trinajstić information content (AvgIpc) is 2.66. The van der Waals surface area contributed by atoms with Crippen LogP contribution in [0.4, 0.5) is 0 Å². The number of hydrogen-bond acceptors (Lipinski definition) is 4. The fraction of sp³-hybridized carbons (Fsp3) is 0.714. The summed E-state index contributed by atoms with van der Waals surface area (Å²) in [5, 5.41) is 0. The molecule has 18 heavy (non-hydrogen) atoms. The molecular formula is C14H21N3O. The molecule has 0 aliphatic heterocycles. The molecule has 1 fully saturated rings. The van der Waals surface area contributed by atoms with E-state index < -0.39 is 0 Å². The Morgan fingerprint density at radius 1 is 1.06 bits per heavy atom. The summed E-state index contributed by atoms with van der Waals surface area (Å²) in [6.07, 6.45) is 10.9. The number of nitrogens with two attached hydrogens (primary N) is 1. The number of rotatable bonds is 2. The highest BCUT2D eigenvalue weighted by molar-refractivity contribution is 5.31. The number of fused-ring (bicyclic) bond motifs is 1. The van der Waals surface area contributed by atoms with Crippen molar-refractivity contribution in [1.29, 1.82) is 0 Å². The SMILES string of the molecule is NC1CCCC1Oc1ncnc2c1CCCCC2. The summed E-state index contributed by atoms with van der Waals surface area (Å²) < 4.78 is 6.07. The maximum absolute atomic E-state index is 6.07. The Kier molecular flexibility index (Phi) is 3.46. The average molecular weight is 247 g/mol. The van der Waals surface area contributed by atoms with Crippen molar-refractivity contribution in [3.63, 3.8) is 0 Å². The van der Waals surface area contributed by atoms with E-state index in [0.717, 1.165) is 31.6 Å². The van der Waals surface area contributed by atoms with Crippen molar-refractivity contribution in [2.75, 3.05) is 0 Å². The second kappa shape index (κ2) is 5.22. The summed E-state index contributed by atoms with van der Waals surface area (Å²) >= 11 is 0. The van der Waals surface area contributed by atoms with E-state index in [0.29, 0.717) is 0 Å². The lowest BCUT2D eigenvalue weighted by molar-refractivity contribution is 0.181. The summed E-state index contributed by atoms with van der Waals surface area (Å²) in [7, 11) is 0. The molecule has 0 spiro atoms. The quantitative estimate of drug-likeness (QED) is 0.812. The molecule has 98 valence electrons. The van der Waals surface area contributed by atoms with Crippen molar-refractivity contribution < 1.29 is 4.74 Å². The first kappa shape index (κ1) is 11.9. The van der Waals surface area contributed by atoms with Gasteiger partial charge in [-0.05, 0) is 44.9 Å². The molecule has 2 aliphatic carbocycles. The second-order valence-corrected chi connectivity index (χ2v) is 5.42. The van der Waals surface area contributed by atoms with Crippen LogP contribution in [-0.4, -0.2) is 22.1 Å². The van der Waals surface area contributed by atoms with Crippen LogP contribution in [0.2, 0.25) is 0 Å². The Labute approximate surface area is 108 Å². The zero-order valence-electron chi connectivity index (χ0n) is 10.8. The predicted molar refractivity (Wildman–Crippen MR) is 69.5 cm³/mol. The van der Waals surface area contributed by atoms with E-state index in [1.807, 2.05) is 0 Å². The number of aromatic nitrogens is 2. The van der Waals surface area contributed by atoms with Crippen molar-refractivity contribution in [3.8, 4) is 5.88 Å². The maximum Gasteiger partial charge on any atom is 0.220 e. The van der Waals surface area contributed by atoms with Gasteiger partial charge in [0, 0.05) is 11.6 Å². The molecule has 2 unspecified atom stereocenters. The number of hydrogen-bond donors (Lipinski definition) is 1. The molecule has 0 radical (unpaired) electrons. The van der Waals surface area contributed by atoms with Gasteiger partial charge in [0.25, 0.3) is 0 Å². The standard InChI is InChI=1S/C14H21N3O/c15-11-6-4-8-13(11)18-14-10-5-2-1-3-7-12(10)16-9-17-14/h9,11,13H,1-8,15H2. The zero-order valence-corrected chi connectivity index (χ0v) is 10.8. The third-order valence-electron chi connectivity index (χ3n) is 4.10. The highest BCUT2D eigenvalue weighted by Gasteiger charge is 2.27. The maximum atomic E-state index is 6.07. The lowest BCUT2D eigenvalue weighted by atomic mass is 10.1. The number of ether oxygens (including phenoxy) is 1. The molecular weight excluding hydrogens is 226 g/mol. The van der Waals surface area contributed by atoms with Crippen molar-refractivity contribution in [2.24, 2.45) is 5.73 Å². The fourth-order valence-electron chi connectivity index (χ4n) is 3.01. The van der Waals surface area contributed by atoms with Gasteiger partial charge in [-0.1, -0.05) is 6.42 Å². The molecule has 0 amide bonds. The van der Waals surface area contributed by atoms with Gasteiger partial charge in [0.05, 0.1) is 5.69 Å². The Bertz CT molecular complexity index is 422. The number of aryl methyl sites for hydroxylation is 1. The Morgan fingerprint density at radius 2 is 1.94 bits per heavy atom. The van der Waals surface area contributed by atoms with Gasteiger partial charge < -0.3 is 10.5 Å². The molecule has 3 rings (SSSR count). The molecule has 2 aliphatic rings. The van der Waals surface area contributed by atoms with Gasteiger partial charge >= 0.3 is 0 Å². The van der Waals surface area contributed by atoms with Crippen LogP contribution in [-0.2, 0) is 12.8 Å². The first-order valence-corrected chi connectivity index (χ1v) is 7.09. The monoisotopic (exact) mass is 247 g/mol. The topological polar surface area (TPSA) is 61.0 Å². The summed E-state index contributed by atoms with van der Waals surface area (Å²) in [5.74, 6) is 0.796. The molecule has 0 aromatic carbocycles. The molecule has 4 heteroatoms. The van der Waals surface area contributed by atoms with Crippen molar-refractivity contribution in [2.45, 2.75) is 63.5 Å². The summed E-state index contributed by atoms with van der Waals surface area (Å²) in [6, 6.07) is 0.168. The third kappa shape index (κ3) is 2.34. The highest BCUT2D eigenvalue weighted by Crippen LogP contribution is 2.29. The molecule has 1 heterocycles. The first-order chi connectivity index (χ1) is 8.84. The van der Waals surface area contributed by atoms with E-state index in [4.69, 9.17) is 10.5 Å². The molecule has 4 nitrogen and oxygen atoms in total. The Balaban J connectivity index is 1.83. The molecule has 1 aromatic heterocycles. The zero-order chi connectivity index (χ0) is 12.4. The van der Waals surface area contributed by atoms with Gasteiger partial charge in [-0.3, -0.25) is 0 Å². The molecule has 0 bridgehead atoms. The Morgan fingerprint density at radius 3 is 2.78 bits per heavy atom. The smallest absolute Gasteiger partial charge is 0.220 e. The van der Waals surface area contributed by atoms with Gasteiger partial charge in [0.2, 0.25) is 5.88 Å². The van der Waals surface area contributed by atoms with Crippen LogP contribution in [0, 0.1) is 0 Å². The summed E-state index contributed by atoms with van der Waals surface area (Å²) in [4.78, 5) is 8.75. The van der Waals surface area contributed by atoms with E-state index in [1.165, 1.54) is 36.9 Å². The van der Waals surface area contributed by atoms with E-state index in [1.54, 1.807) is 6.33 Å².